The van der Waals surface area contributed by atoms with Crippen molar-refractivity contribution in [3.05, 3.63) is 66.4 Å². The lowest BCUT2D eigenvalue weighted by molar-refractivity contribution is -0.142. The number of carbonyl (C=O) groups is 1. The Morgan fingerprint density at radius 2 is 1.79 bits per heavy atom. The van der Waals surface area contributed by atoms with E-state index in [1.54, 1.807) is 24.3 Å². The summed E-state index contributed by atoms with van der Waals surface area (Å²) in [6, 6.07) is 16.6. The van der Waals surface area contributed by atoms with Crippen LogP contribution in [0.4, 0.5) is 0 Å². The molecule has 24 heavy (non-hydrogen) atoms. The van der Waals surface area contributed by atoms with E-state index in [0.29, 0.717) is 11.3 Å². The van der Waals surface area contributed by atoms with Gasteiger partial charge in [-0.05, 0) is 42.1 Å². The molecule has 0 spiro atoms. The Bertz CT molecular complexity index is 839. The zero-order valence-corrected chi connectivity index (χ0v) is 13.7. The first-order chi connectivity index (χ1) is 11.6. The molecule has 0 aliphatic heterocycles. The molecule has 3 aromatic rings. The summed E-state index contributed by atoms with van der Waals surface area (Å²) in [4.78, 5) is 11.5. The molecule has 0 saturated carbocycles. The molecule has 0 aliphatic carbocycles. The summed E-state index contributed by atoms with van der Waals surface area (Å²) in [5.41, 5.74) is 7.63. The van der Waals surface area contributed by atoms with Gasteiger partial charge in [0.05, 0.1) is 12.6 Å². The average Bonchev–Trinajstić information content (AvgIpc) is 3.05. The molecule has 0 radical (unpaired) electrons. The Morgan fingerprint density at radius 3 is 2.50 bits per heavy atom. The molecule has 2 atom stereocenters. The lowest BCUT2D eigenvalue weighted by Gasteiger charge is -2.18. The number of aromatic nitrogens is 1. The molecule has 124 valence electrons. The second kappa shape index (κ2) is 6.76. The van der Waals surface area contributed by atoms with Gasteiger partial charge in [0.1, 0.15) is 11.8 Å². The van der Waals surface area contributed by atoms with Crippen LogP contribution in [-0.4, -0.2) is 17.6 Å². The van der Waals surface area contributed by atoms with Crippen molar-refractivity contribution >= 4 is 16.9 Å². The Labute approximate surface area is 140 Å². The number of benzene rings is 2. The molecule has 2 N–H and O–H groups in total. The van der Waals surface area contributed by atoms with Gasteiger partial charge in [-0.15, -0.1) is 0 Å². The van der Waals surface area contributed by atoms with Crippen molar-refractivity contribution < 1.29 is 14.3 Å². The summed E-state index contributed by atoms with van der Waals surface area (Å²) >= 11 is 0. The fraction of sp³-hybridized carbons (Fsp3) is 0.211. The SMILES string of the molecule is COC(=O)[C@@H](N)c1ccc(O[C@@H](C)n2ccc3ccccc32)cc1. The van der Waals surface area contributed by atoms with Crippen molar-refractivity contribution in [2.75, 3.05) is 7.11 Å². The molecule has 0 saturated heterocycles. The van der Waals surface area contributed by atoms with E-state index in [9.17, 15) is 4.79 Å². The lowest BCUT2D eigenvalue weighted by Crippen LogP contribution is -2.22. The van der Waals surface area contributed by atoms with Crippen molar-refractivity contribution in [1.29, 1.82) is 0 Å². The van der Waals surface area contributed by atoms with Gasteiger partial charge in [0.15, 0.2) is 6.23 Å². The van der Waals surface area contributed by atoms with Crippen LogP contribution >= 0.6 is 0 Å². The van der Waals surface area contributed by atoms with Crippen LogP contribution < -0.4 is 10.5 Å². The smallest absolute Gasteiger partial charge is 0.327 e. The van der Waals surface area contributed by atoms with Gasteiger partial charge >= 0.3 is 5.97 Å². The van der Waals surface area contributed by atoms with E-state index >= 15 is 0 Å². The minimum absolute atomic E-state index is 0.162. The molecular formula is C19H20N2O3. The van der Waals surface area contributed by atoms with E-state index in [4.69, 9.17) is 10.5 Å². The monoisotopic (exact) mass is 324 g/mol. The van der Waals surface area contributed by atoms with E-state index in [1.165, 1.54) is 12.5 Å². The normalized spacial score (nSPS) is 13.5. The van der Waals surface area contributed by atoms with E-state index in [-0.39, 0.29) is 6.23 Å². The summed E-state index contributed by atoms with van der Waals surface area (Å²) in [5, 5.41) is 1.17. The number of nitrogens with zero attached hydrogens (tertiary/aromatic N) is 1. The number of carbonyl (C=O) groups excluding carboxylic acids is 1. The highest BCUT2D eigenvalue weighted by Crippen LogP contribution is 2.24. The standard InChI is InChI=1S/C19H20N2O3/c1-13(21-12-11-14-5-3-4-6-17(14)21)24-16-9-7-15(8-10-16)18(20)19(22)23-2/h3-13,18H,20H2,1-2H3/t13-,18-/m0/s1. The molecule has 0 aliphatic rings. The summed E-state index contributed by atoms with van der Waals surface area (Å²) in [6.45, 7) is 1.99. The van der Waals surface area contributed by atoms with Crippen LogP contribution in [0.2, 0.25) is 0 Å². The maximum Gasteiger partial charge on any atom is 0.327 e. The number of ether oxygens (including phenoxy) is 2. The maximum atomic E-state index is 11.5. The van der Waals surface area contributed by atoms with Crippen molar-refractivity contribution in [1.82, 2.24) is 4.57 Å². The van der Waals surface area contributed by atoms with Gasteiger partial charge in [0.2, 0.25) is 0 Å². The minimum Gasteiger partial charge on any atom is -0.470 e. The molecular weight excluding hydrogens is 304 g/mol. The highest BCUT2D eigenvalue weighted by molar-refractivity contribution is 5.80. The van der Waals surface area contributed by atoms with Crippen molar-refractivity contribution in [3.63, 3.8) is 0 Å². The summed E-state index contributed by atoms with van der Waals surface area (Å²) in [5.74, 6) is 0.247. The van der Waals surface area contributed by atoms with E-state index in [1.807, 2.05) is 25.3 Å². The average molecular weight is 324 g/mol. The Balaban J connectivity index is 1.75. The van der Waals surface area contributed by atoms with Crippen molar-refractivity contribution in [2.24, 2.45) is 5.73 Å². The summed E-state index contributed by atoms with van der Waals surface area (Å²) in [6.07, 6.45) is 1.85. The third-order valence-electron chi connectivity index (χ3n) is 4.02. The predicted molar refractivity (Wildman–Crippen MR) is 92.7 cm³/mol. The molecule has 0 unspecified atom stereocenters. The third-order valence-corrected chi connectivity index (χ3v) is 4.02. The van der Waals surface area contributed by atoms with Crippen LogP contribution in [0.25, 0.3) is 10.9 Å². The van der Waals surface area contributed by atoms with Crippen molar-refractivity contribution in [2.45, 2.75) is 19.2 Å². The first-order valence-electron chi connectivity index (χ1n) is 7.76. The largest absolute Gasteiger partial charge is 0.470 e. The Morgan fingerprint density at radius 1 is 1.08 bits per heavy atom. The molecule has 1 heterocycles. The Hall–Kier alpha value is -2.79. The highest BCUT2D eigenvalue weighted by Gasteiger charge is 2.16. The Kier molecular flexibility index (Phi) is 4.53. The van der Waals surface area contributed by atoms with Gasteiger partial charge in [0, 0.05) is 6.20 Å². The van der Waals surface area contributed by atoms with Gasteiger partial charge in [-0.1, -0.05) is 30.3 Å². The van der Waals surface area contributed by atoms with Gasteiger partial charge in [-0.3, -0.25) is 4.79 Å². The molecule has 3 rings (SSSR count). The van der Waals surface area contributed by atoms with Gasteiger partial charge in [-0.25, -0.2) is 0 Å². The van der Waals surface area contributed by atoms with Gasteiger partial charge in [0.25, 0.3) is 0 Å². The second-order valence-electron chi connectivity index (χ2n) is 5.57. The zero-order chi connectivity index (χ0) is 17.1. The van der Waals surface area contributed by atoms with Crippen LogP contribution in [0.15, 0.2) is 60.8 Å². The molecule has 0 amide bonds. The second-order valence-corrected chi connectivity index (χ2v) is 5.57. The quantitative estimate of drug-likeness (QED) is 0.730. The molecule has 0 fully saturated rings. The fourth-order valence-electron chi connectivity index (χ4n) is 2.69. The number of nitrogens with two attached hydrogens (primary N) is 1. The number of hydrogen-bond donors (Lipinski definition) is 1. The van der Waals surface area contributed by atoms with Gasteiger partial charge < -0.3 is 19.8 Å². The van der Waals surface area contributed by atoms with Crippen LogP contribution in [0.3, 0.4) is 0 Å². The van der Waals surface area contributed by atoms with Crippen LogP contribution in [0, 0.1) is 0 Å². The van der Waals surface area contributed by atoms with Crippen LogP contribution in [-0.2, 0) is 9.53 Å². The molecule has 5 nitrogen and oxygen atoms in total. The first kappa shape index (κ1) is 16.1. The first-order valence-corrected chi connectivity index (χ1v) is 7.76. The van der Waals surface area contributed by atoms with Crippen LogP contribution in [0.1, 0.15) is 24.8 Å². The third kappa shape index (κ3) is 3.12. The number of hydrogen-bond acceptors (Lipinski definition) is 4. The van der Waals surface area contributed by atoms with Crippen molar-refractivity contribution in [3.8, 4) is 5.75 Å². The molecule has 2 aromatic carbocycles. The highest BCUT2D eigenvalue weighted by atomic mass is 16.5. The fourth-order valence-corrected chi connectivity index (χ4v) is 2.69. The maximum absolute atomic E-state index is 11.5. The lowest BCUT2D eigenvalue weighted by atomic mass is 10.1. The summed E-state index contributed by atoms with van der Waals surface area (Å²) in [7, 11) is 1.32. The topological polar surface area (TPSA) is 66.5 Å². The molecule has 0 bridgehead atoms. The van der Waals surface area contributed by atoms with E-state index in [2.05, 4.69) is 27.5 Å². The van der Waals surface area contributed by atoms with E-state index in [0.717, 1.165) is 5.52 Å². The number of fused-ring (bicyclic) bond motifs is 1. The minimum atomic E-state index is -0.783. The number of esters is 1. The number of para-hydroxylation sites is 1. The van der Waals surface area contributed by atoms with E-state index < -0.39 is 12.0 Å². The molecule has 5 heteroatoms. The zero-order valence-electron chi connectivity index (χ0n) is 13.7. The number of methoxy groups -OCH3 is 1. The number of rotatable bonds is 5. The summed E-state index contributed by atoms with van der Waals surface area (Å²) < 4.78 is 12.7. The molecule has 1 aromatic heterocycles. The predicted octanol–water partition coefficient (Wildman–Crippen LogP) is 3.41. The van der Waals surface area contributed by atoms with Gasteiger partial charge in [-0.2, -0.15) is 0 Å². The van der Waals surface area contributed by atoms with Crippen LogP contribution in [0.5, 0.6) is 5.75 Å².